The number of hydrogen-bond donors (Lipinski definition) is 1. The maximum atomic E-state index is 12.7. The summed E-state index contributed by atoms with van der Waals surface area (Å²) in [5.41, 5.74) is 0.635. The van der Waals surface area contributed by atoms with Gasteiger partial charge in [-0.25, -0.2) is 4.99 Å². The fourth-order valence-corrected chi connectivity index (χ4v) is 3.17. The molecule has 0 amide bonds. The van der Waals surface area contributed by atoms with Crippen molar-refractivity contribution in [1.29, 1.82) is 0 Å². The van der Waals surface area contributed by atoms with Gasteiger partial charge in [-0.15, -0.1) is 12.6 Å². The van der Waals surface area contributed by atoms with Crippen LogP contribution in [0.3, 0.4) is 0 Å². The van der Waals surface area contributed by atoms with Crippen molar-refractivity contribution in [2.45, 2.75) is 30.9 Å². The van der Waals surface area contributed by atoms with Crippen LogP contribution < -0.4 is 4.90 Å². The summed E-state index contributed by atoms with van der Waals surface area (Å²) in [7, 11) is 1.42. The lowest BCUT2D eigenvalue weighted by Crippen LogP contribution is -2.44. The van der Waals surface area contributed by atoms with Gasteiger partial charge in [0.15, 0.2) is 0 Å². The maximum absolute atomic E-state index is 12.7. The van der Waals surface area contributed by atoms with E-state index in [1.54, 1.807) is 30.6 Å². The van der Waals surface area contributed by atoms with Gasteiger partial charge in [-0.2, -0.15) is 13.2 Å². The van der Waals surface area contributed by atoms with Crippen molar-refractivity contribution in [2.24, 2.45) is 4.99 Å². The minimum Gasteiger partial charge on any atom is -0.365 e. The zero-order valence-corrected chi connectivity index (χ0v) is 14.7. The minimum atomic E-state index is -4.27. The fourth-order valence-electron chi connectivity index (χ4n) is 2.45. The number of alkyl halides is 3. The first-order valence-electron chi connectivity index (χ1n) is 6.96. The van der Waals surface area contributed by atoms with Crippen LogP contribution in [0.25, 0.3) is 0 Å². The van der Waals surface area contributed by atoms with Crippen molar-refractivity contribution in [3.05, 3.63) is 29.8 Å². The van der Waals surface area contributed by atoms with Crippen molar-refractivity contribution in [3.63, 3.8) is 0 Å². The van der Waals surface area contributed by atoms with Crippen molar-refractivity contribution >= 4 is 41.9 Å². The molecule has 3 nitrogen and oxygen atoms in total. The van der Waals surface area contributed by atoms with Gasteiger partial charge in [0, 0.05) is 18.3 Å². The molecule has 1 heterocycles. The summed E-state index contributed by atoms with van der Waals surface area (Å²) < 4.78 is 38.1. The Bertz CT molecular complexity index is 629. The number of nitrogens with zero attached hydrogens (tertiary/aromatic N) is 3. The zero-order chi connectivity index (χ0) is 17.4. The molecule has 0 saturated heterocycles. The Hall–Kier alpha value is -1.28. The molecule has 0 N–H and O–H groups in total. The topological polar surface area (TPSA) is 18.8 Å². The van der Waals surface area contributed by atoms with Gasteiger partial charge in [0.25, 0.3) is 0 Å². The van der Waals surface area contributed by atoms with E-state index in [9.17, 15) is 13.2 Å². The molecule has 1 aliphatic heterocycles. The lowest BCUT2D eigenvalue weighted by molar-refractivity contribution is -0.119. The van der Waals surface area contributed by atoms with Gasteiger partial charge >= 0.3 is 6.18 Å². The molecular formula is C15H18F3N3S2. The normalized spacial score (nSPS) is 18.4. The second kappa shape index (κ2) is 6.32. The highest BCUT2D eigenvalue weighted by Crippen LogP contribution is 2.38. The molecule has 8 heteroatoms. The third kappa shape index (κ3) is 3.80. The standard InChI is InChI=1S/C15H18F3N3S2/c1-14(2)13(23)19-9-21(14)12(22)10-6-4-5-7-11(10)20(3)8-15(16,17)18/h4-7,9,12,22H,8H2,1-3H3. The lowest BCUT2D eigenvalue weighted by atomic mass is 10.0. The maximum Gasteiger partial charge on any atom is 0.405 e. The Labute approximate surface area is 144 Å². The van der Waals surface area contributed by atoms with E-state index >= 15 is 0 Å². The monoisotopic (exact) mass is 361 g/mol. The number of hydrogen-bond acceptors (Lipinski definition) is 4. The molecule has 0 radical (unpaired) electrons. The first-order chi connectivity index (χ1) is 10.5. The highest BCUT2D eigenvalue weighted by atomic mass is 32.1. The molecule has 1 aromatic rings. The Morgan fingerprint density at radius 3 is 2.48 bits per heavy atom. The second-order valence-electron chi connectivity index (χ2n) is 5.92. The quantitative estimate of drug-likeness (QED) is 0.645. The molecule has 1 atom stereocenters. The number of aliphatic imine (C=N–C) groups is 1. The molecule has 1 aromatic carbocycles. The van der Waals surface area contributed by atoms with Gasteiger partial charge in [-0.3, -0.25) is 0 Å². The molecule has 0 fully saturated rings. The van der Waals surface area contributed by atoms with E-state index in [1.807, 2.05) is 18.7 Å². The van der Waals surface area contributed by atoms with Crippen LogP contribution in [0.1, 0.15) is 24.8 Å². The van der Waals surface area contributed by atoms with Crippen LogP contribution in [0.5, 0.6) is 0 Å². The van der Waals surface area contributed by atoms with Gasteiger partial charge in [0.1, 0.15) is 16.9 Å². The number of halogens is 3. The SMILES string of the molecule is CN(CC(F)(F)F)c1ccccc1C(S)N1C=NC(=S)C1(C)C. The van der Waals surface area contributed by atoms with Crippen molar-refractivity contribution in [2.75, 3.05) is 18.5 Å². The number of benzene rings is 1. The number of thiol groups is 1. The Morgan fingerprint density at radius 2 is 1.96 bits per heavy atom. The molecule has 23 heavy (non-hydrogen) atoms. The van der Waals surface area contributed by atoms with E-state index in [1.165, 1.54) is 11.9 Å². The van der Waals surface area contributed by atoms with Gasteiger partial charge in [0.2, 0.25) is 0 Å². The molecule has 0 saturated carbocycles. The largest absolute Gasteiger partial charge is 0.405 e. The summed E-state index contributed by atoms with van der Waals surface area (Å²) in [6, 6.07) is 6.91. The summed E-state index contributed by atoms with van der Waals surface area (Å²) in [5.74, 6) is 0. The summed E-state index contributed by atoms with van der Waals surface area (Å²) in [6.45, 7) is 2.79. The van der Waals surface area contributed by atoms with Crippen LogP contribution in [0, 0.1) is 0 Å². The highest BCUT2D eigenvalue weighted by molar-refractivity contribution is 7.81. The van der Waals surface area contributed by atoms with E-state index < -0.39 is 23.6 Å². The average molecular weight is 361 g/mol. The number of anilines is 1. The Balaban J connectivity index is 2.34. The molecule has 1 unspecified atom stereocenters. The lowest BCUT2D eigenvalue weighted by Gasteiger charge is -2.37. The van der Waals surface area contributed by atoms with E-state index in [2.05, 4.69) is 17.6 Å². The van der Waals surface area contributed by atoms with Gasteiger partial charge in [0.05, 0.1) is 11.9 Å². The van der Waals surface area contributed by atoms with E-state index in [4.69, 9.17) is 12.2 Å². The van der Waals surface area contributed by atoms with E-state index in [0.717, 1.165) is 0 Å². The third-order valence-corrected chi connectivity index (χ3v) is 4.91. The number of thiocarbonyl (C=S) groups is 1. The van der Waals surface area contributed by atoms with Crippen LogP contribution in [0.15, 0.2) is 29.3 Å². The molecular weight excluding hydrogens is 343 g/mol. The molecule has 2 rings (SSSR count). The minimum absolute atomic E-state index is 0.457. The zero-order valence-electron chi connectivity index (χ0n) is 13.0. The number of para-hydroxylation sites is 1. The van der Waals surface area contributed by atoms with Crippen LogP contribution in [-0.2, 0) is 0 Å². The molecule has 1 aliphatic rings. The average Bonchev–Trinajstić information content (AvgIpc) is 2.70. The third-order valence-electron chi connectivity index (χ3n) is 3.77. The number of rotatable bonds is 4. The highest BCUT2D eigenvalue weighted by Gasteiger charge is 2.39. The van der Waals surface area contributed by atoms with Crippen molar-refractivity contribution in [1.82, 2.24) is 4.90 Å². The molecule has 0 aromatic heterocycles. The van der Waals surface area contributed by atoms with Crippen LogP contribution in [0.2, 0.25) is 0 Å². The van der Waals surface area contributed by atoms with Gasteiger partial charge < -0.3 is 9.80 Å². The first kappa shape index (κ1) is 18.1. The summed E-state index contributed by atoms with van der Waals surface area (Å²) in [6.07, 6.45) is -2.68. The van der Waals surface area contributed by atoms with Gasteiger partial charge in [-0.1, -0.05) is 30.4 Å². The molecule has 0 aliphatic carbocycles. The van der Waals surface area contributed by atoms with Crippen LogP contribution >= 0.6 is 24.8 Å². The van der Waals surface area contributed by atoms with Gasteiger partial charge in [-0.05, 0) is 19.9 Å². The summed E-state index contributed by atoms with van der Waals surface area (Å²) in [4.78, 5) is 7.69. The predicted octanol–water partition coefficient (Wildman–Crippen LogP) is 4.06. The summed E-state index contributed by atoms with van der Waals surface area (Å²) in [5, 5.41) is -0.457. The molecule has 0 bridgehead atoms. The first-order valence-corrected chi connectivity index (χ1v) is 7.88. The van der Waals surface area contributed by atoms with E-state index in [-0.39, 0.29) is 0 Å². The Morgan fingerprint density at radius 1 is 1.35 bits per heavy atom. The molecule has 126 valence electrons. The summed E-state index contributed by atoms with van der Waals surface area (Å²) >= 11 is 9.84. The Kier molecular flexibility index (Phi) is 4.96. The van der Waals surface area contributed by atoms with Crippen LogP contribution in [0.4, 0.5) is 18.9 Å². The van der Waals surface area contributed by atoms with Crippen LogP contribution in [-0.4, -0.2) is 41.5 Å². The molecule has 0 spiro atoms. The van der Waals surface area contributed by atoms with E-state index in [0.29, 0.717) is 16.2 Å². The fraction of sp³-hybridized carbons (Fsp3) is 0.467. The van der Waals surface area contributed by atoms with Crippen molar-refractivity contribution < 1.29 is 13.2 Å². The second-order valence-corrected chi connectivity index (χ2v) is 6.80. The smallest absolute Gasteiger partial charge is 0.365 e. The van der Waals surface area contributed by atoms with Crippen molar-refractivity contribution in [3.8, 4) is 0 Å². The predicted molar refractivity (Wildman–Crippen MR) is 94.5 cm³/mol.